The summed E-state index contributed by atoms with van der Waals surface area (Å²) >= 11 is 0. The molecule has 0 spiro atoms. The highest BCUT2D eigenvalue weighted by Crippen LogP contribution is 2.23. The van der Waals surface area contributed by atoms with Crippen molar-refractivity contribution in [3.63, 3.8) is 0 Å². The van der Waals surface area contributed by atoms with Crippen molar-refractivity contribution in [2.75, 3.05) is 17.4 Å². The van der Waals surface area contributed by atoms with Gasteiger partial charge in [-0.05, 0) is 48.7 Å². The van der Waals surface area contributed by atoms with E-state index in [9.17, 15) is 17.6 Å². The Hall–Kier alpha value is -2.41. The number of anilines is 1. The molecule has 0 saturated carbocycles. The Labute approximate surface area is 153 Å². The lowest BCUT2D eigenvalue weighted by atomic mass is 10.1. The second-order valence-corrected chi connectivity index (χ2v) is 8.20. The summed E-state index contributed by atoms with van der Waals surface area (Å²) in [5.74, 6) is -0.481. The zero-order valence-corrected chi connectivity index (χ0v) is 15.7. The zero-order chi connectivity index (χ0) is 19.2. The maximum absolute atomic E-state index is 13.1. The SMILES string of the molecule is CC(C)CCNC(=O)CN(c1ccccc1)S(=O)(=O)c1ccc(F)cc1. The number of halogens is 1. The van der Waals surface area contributed by atoms with Gasteiger partial charge in [-0.2, -0.15) is 0 Å². The molecular weight excluding hydrogens is 355 g/mol. The van der Waals surface area contributed by atoms with E-state index >= 15 is 0 Å². The van der Waals surface area contributed by atoms with Gasteiger partial charge in [0.25, 0.3) is 10.0 Å². The highest BCUT2D eigenvalue weighted by molar-refractivity contribution is 7.92. The Bertz CT molecular complexity index is 822. The van der Waals surface area contributed by atoms with Crippen LogP contribution in [0, 0.1) is 11.7 Å². The molecule has 2 aromatic rings. The Balaban J connectivity index is 2.27. The smallest absolute Gasteiger partial charge is 0.264 e. The summed E-state index contributed by atoms with van der Waals surface area (Å²) in [4.78, 5) is 12.2. The van der Waals surface area contributed by atoms with E-state index < -0.39 is 15.8 Å². The van der Waals surface area contributed by atoms with Gasteiger partial charge in [-0.1, -0.05) is 32.0 Å². The largest absolute Gasteiger partial charge is 0.355 e. The summed E-state index contributed by atoms with van der Waals surface area (Å²) in [5, 5.41) is 2.74. The van der Waals surface area contributed by atoms with Crippen LogP contribution in [0.2, 0.25) is 0 Å². The van der Waals surface area contributed by atoms with Crippen molar-refractivity contribution in [2.45, 2.75) is 25.2 Å². The average Bonchev–Trinajstić information content (AvgIpc) is 2.60. The van der Waals surface area contributed by atoms with E-state index in [4.69, 9.17) is 0 Å². The number of carbonyl (C=O) groups excluding carboxylic acids is 1. The first-order chi connectivity index (χ1) is 12.3. The van der Waals surface area contributed by atoms with Crippen molar-refractivity contribution in [1.82, 2.24) is 5.32 Å². The van der Waals surface area contributed by atoms with E-state index in [0.717, 1.165) is 22.9 Å². The predicted molar refractivity (Wildman–Crippen MR) is 99.8 cm³/mol. The summed E-state index contributed by atoms with van der Waals surface area (Å²) in [6.07, 6.45) is 0.807. The normalized spacial score (nSPS) is 11.4. The fourth-order valence-corrected chi connectivity index (χ4v) is 3.75. The fourth-order valence-electron chi connectivity index (χ4n) is 2.33. The minimum atomic E-state index is -4.00. The molecule has 1 amide bonds. The molecule has 0 fully saturated rings. The molecule has 0 aliphatic rings. The number of hydrogen-bond acceptors (Lipinski definition) is 3. The van der Waals surface area contributed by atoms with Gasteiger partial charge in [-0.25, -0.2) is 12.8 Å². The Morgan fingerprint density at radius 2 is 1.69 bits per heavy atom. The molecule has 0 bridgehead atoms. The molecule has 0 heterocycles. The number of amides is 1. The second kappa shape index (κ2) is 8.80. The van der Waals surface area contributed by atoms with Crippen LogP contribution in [0.5, 0.6) is 0 Å². The molecule has 0 unspecified atom stereocenters. The molecule has 5 nitrogen and oxygen atoms in total. The monoisotopic (exact) mass is 378 g/mol. The first-order valence-corrected chi connectivity index (χ1v) is 9.85. The first-order valence-electron chi connectivity index (χ1n) is 8.41. The summed E-state index contributed by atoms with van der Waals surface area (Å²) in [5.41, 5.74) is 0.371. The highest BCUT2D eigenvalue weighted by Gasteiger charge is 2.27. The topological polar surface area (TPSA) is 66.5 Å². The highest BCUT2D eigenvalue weighted by atomic mass is 32.2. The lowest BCUT2D eigenvalue weighted by Gasteiger charge is -2.24. The maximum Gasteiger partial charge on any atom is 0.264 e. The molecule has 7 heteroatoms. The Kier molecular flexibility index (Phi) is 6.74. The third kappa shape index (κ3) is 5.29. The van der Waals surface area contributed by atoms with Crippen molar-refractivity contribution in [3.05, 3.63) is 60.4 Å². The van der Waals surface area contributed by atoms with Crippen molar-refractivity contribution < 1.29 is 17.6 Å². The van der Waals surface area contributed by atoms with Crippen LogP contribution in [0.3, 0.4) is 0 Å². The number of carbonyl (C=O) groups is 1. The van der Waals surface area contributed by atoms with Crippen LogP contribution in [0.15, 0.2) is 59.5 Å². The predicted octanol–water partition coefficient (Wildman–Crippen LogP) is 3.18. The van der Waals surface area contributed by atoms with E-state index in [1.165, 1.54) is 12.1 Å². The maximum atomic E-state index is 13.1. The lowest BCUT2D eigenvalue weighted by Crippen LogP contribution is -2.41. The molecule has 26 heavy (non-hydrogen) atoms. The van der Waals surface area contributed by atoms with E-state index in [1.807, 2.05) is 13.8 Å². The fraction of sp³-hybridized carbons (Fsp3) is 0.316. The van der Waals surface area contributed by atoms with E-state index in [0.29, 0.717) is 18.2 Å². The number of hydrogen-bond donors (Lipinski definition) is 1. The van der Waals surface area contributed by atoms with Crippen LogP contribution in [-0.2, 0) is 14.8 Å². The van der Waals surface area contributed by atoms with Crippen LogP contribution in [-0.4, -0.2) is 27.4 Å². The molecule has 0 aromatic heterocycles. The van der Waals surface area contributed by atoms with Gasteiger partial charge in [-0.15, -0.1) is 0 Å². The van der Waals surface area contributed by atoms with Gasteiger partial charge < -0.3 is 5.32 Å². The number of nitrogens with one attached hydrogen (secondary N) is 1. The van der Waals surface area contributed by atoms with Gasteiger partial charge in [0.1, 0.15) is 12.4 Å². The van der Waals surface area contributed by atoms with E-state index in [2.05, 4.69) is 5.32 Å². The number of sulfonamides is 1. The molecule has 0 saturated heterocycles. The molecule has 1 N–H and O–H groups in total. The molecule has 140 valence electrons. The van der Waals surface area contributed by atoms with Gasteiger partial charge in [0.15, 0.2) is 0 Å². The van der Waals surface area contributed by atoms with E-state index in [1.54, 1.807) is 30.3 Å². The summed E-state index contributed by atoms with van der Waals surface area (Å²) in [6.45, 7) is 4.22. The van der Waals surface area contributed by atoms with Crippen LogP contribution < -0.4 is 9.62 Å². The van der Waals surface area contributed by atoms with Crippen LogP contribution in [0.25, 0.3) is 0 Å². The Morgan fingerprint density at radius 1 is 1.08 bits per heavy atom. The van der Waals surface area contributed by atoms with Crippen molar-refractivity contribution in [1.29, 1.82) is 0 Å². The van der Waals surface area contributed by atoms with Gasteiger partial charge in [0.2, 0.25) is 5.91 Å². The van der Waals surface area contributed by atoms with Crippen molar-refractivity contribution in [2.24, 2.45) is 5.92 Å². The van der Waals surface area contributed by atoms with Crippen LogP contribution in [0.4, 0.5) is 10.1 Å². The van der Waals surface area contributed by atoms with Gasteiger partial charge in [0.05, 0.1) is 10.6 Å². The lowest BCUT2D eigenvalue weighted by molar-refractivity contribution is -0.119. The average molecular weight is 378 g/mol. The third-order valence-corrected chi connectivity index (χ3v) is 5.56. The second-order valence-electron chi connectivity index (χ2n) is 6.33. The summed E-state index contributed by atoms with van der Waals surface area (Å²) < 4.78 is 40.1. The summed E-state index contributed by atoms with van der Waals surface area (Å²) in [6, 6.07) is 12.9. The molecule has 0 aliphatic carbocycles. The standard InChI is InChI=1S/C19H23FN2O3S/c1-15(2)12-13-21-19(23)14-22(17-6-4-3-5-7-17)26(24,25)18-10-8-16(20)9-11-18/h3-11,15H,12-14H2,1-2H3,(H,21,23). The van der Waals surface area contributed by atoms with E-state index in [-0.39, 0.29) is 17.3 Å². The number of benzene rings is 2. The Morgan fingerprint density at radius 3 is 2.27 bits per heavy atom. The third-order valence-electron chi connectivity index (χ3n) is 3.78. The van der Waals surface area contributed by atoms with Crippen molar-refractivity contribution in [3.8, 4) is 0 Å². The molecule has 0 atom stereocenters. The molecule has 0 radical (unpaired) electrons. The number of rotatable bonds is 8. The van der Waals surface area contributed by atoms with Gasteiger partial charge in [-0.3, -0.25) is 9.10 Å². The number of para-hydroxylation sites is 1. The van der Waals surface area contributed by atoms with Crippen LogP contribution in [0.1, 0.15) is 20.3 Å². The van der Waals surface area contributed by atoms with Crippen LogP contribution >= 0.6 is 0 Å². The van der Waals surface area contributed by atoms with Crippen molar-refractivity contribution >= 4 is 21.6 Å². The minimum Gasteiger partial charge on any atom is -0.355 e. The molecule has 2 rings (SSSR count). The quantitative estimate of drug-likeness (QED) is 0.767. The number of nitrogens with zero attached hydrogens (tertiary/aromatic N) is 1. The first kappa shape index (κ1) is 19.9. The minimum absolute atomic E-state index is 0.0715. The summed E-state index contributed by atoms with van der Waals surface area (Å²) in [7, 11) is -4.00. The zero-order valence-electron chi connectivity index (χ0n) is 14.9. The van der Waals surface area contributed by atoms with Gasteiger partial charge >= 0.3 is 0 Å². The molecular formula is C19H23FN2O3S. The van der Waals surface area contributed by atoms with Gasteiger partial charge in [0, 0.05) is 6.54 Å². The molecule has 0 aliphatic heterocycles. The molecule has 2 aromatic carbocycles.